The Morgan fingerprint density at radius 1 is 1.29 bits per heavy atom. The lowest BCUT2D eigenvalue weighted by Crippen LogP contribution is -2.28. The van der Waals surface area contributed by atoms with Crippen LogP contribution in [0, 0.1) is 0 Å². The van der Waals surface area contributed by atoms with Gasteiger partial charge in [-0.2, -0.15) is 0 Å². The molecule has 2 heterocycles. The number of pyridine rings is 1. The number of furan rings is 1. The predicted molar refractivity (Wildman–Crippen MR) is 110 cm³/mol. The summed E-state index contributed by atoms with van der Waals surface area (Å²) in [5.74, 6) is 1.94. The molecule has 0 aliphatic carbocycles. The van der Waals surface area contributed by atoms with Crippen LogP contribution in [0.15, 0.2) is 57.4 Å². The molecular formula is C21H23ClN2O4. The van der Waals surface area contributed by atoms with Crippen molar-refractivity contribution in [3.63, 3.8) is 0 Å². The van der Waals surface area contributed by atoms with Gasteiger partial charge in [-0.15, -0.1) is 0 Å². The average molecular weight is 403 g/mol. The van der Waals surface area contributed by atoms with Gasteiger partial charge >= 0.3 is 0 Å². The van der Waals surface area contributed by atoms with Gasteiger partial charge in [0.25, 0.3) is 5.56 Å². The fourth-order valence-corrected chi connectivity index (χ4v) is 3.24. The molecule has 0 amide bonds. The number of methoxy groups -OCH3 is 2. The first-order chi connectivity index (χ1) is 13.4. The van der Waals surface area contributed by atoms with Crippen LogP contribution in [-0.2, 0) is 13.1 Å². The monoisotopic (exact) mass is 402 g/mol. The lowest BCUT2D eigenvalue weighted by Gasteiger charge is -2.17. The van der Waals surface area contributed by atoms with Gasteiger partial charge in [0.05, 0.1) is 38.6 Å². The van der Waals surface area contributed by atoms with Crippen molar-refractivity contribution >= 4 is 22.5 Å². The minimum Gasteiger partial charge on any atom is -0.493 e. The van der Waals surface area contributed by atoms with Crippen LogP contribution in [0.25, 0.3) is 10.9 Å². The Kier molecular flexibility index (Phi) is 6.11. The Morgan fingerprint density at radius 3 is 2.61 bits per heavy atom. The Bertz CT molecular complexity index is 1040. The first-order valence-corrected chi connectivity index (χ1v) is 9.21. The smallest absolute Gasteiger partial charge is 0.255 e. The minimum atomic E-state index is -0.138. The number of hydrogen-bond donors (Lipinski definition) is 1. The lowest BCUT2D eigenvalue weighted by molar-refractivity contribution is 0.355. The van der Waals surface area contributed by atoms with Crippen molar-refractivity contribution in [1.29, 1.82) is 0 Å². The molecule has 0 bridgehead atoms. The van der Waals surface area contributed by atoms with Gasteiger partial charge in [0.2, 0.25) is 0 Å². The van der Waals surface area contributed by atoms with Crippen LogP contribution in [0.3, 0.4) is 0 Å². The maximum Gasteiger partial charge on any atom is 0.255 e. The zero-order chi connectivity index (χ0) is 20.3. The van der Waals surface area contributed by atoms with E-state index in [4.69, 9.17) is 25.5 Å². The Balaban J connectivity index is 2.05. The van der Waals surface area contributed by atoms with Gasteiger partial charge in [-0.3, -0.25) is 4.79 Å². The molecule has 0 saturated carbocycles. The summed E-state index contributed by atoms with van der Waals surface area (Å²) in [5, 5.41) is 4.53. The van der Waals surface area contributed by atoms with E-state index in [0.717, 1.165) is 11.1 Å². The first-order valence-electron chi connectivity index (χ1n) is 8.83. The largest absolute Gasteiger partial charge is 0.493 e. The van der Waals surface area contributed by atoms with Crippen LogP contribution in [-0.4, -0.2) is 18.8 Å². The highest BCUT2D eigenvalue weighted by Crippen LogP contribution is 2.32. The maximum atomic E-state index is 13.1. The predicted octanol–water partition coefficient (Wildman–Crippen LogP) is 4.22. The standard InChI is InChI=1S/C21H23ClN2O4/c1-13(22)12-24-17-10-20(27-4)19(26-3)9-15(17)8-16(21(24)25)11-23-14(2)18-6-5-7-28-18/h5-10,14,23H,1,11-12H2,2-4H3/t14-/m0/s1. The van der Waals surface area contributed by atoms with E-state index in [1.54, 1.807) is 31.1 Å². The number of nitrogens with zero attached hydrogens (tertiary/aromatic N) is 1. The topological polar surface area (TPSA) is 65.6 Å². The van der Waals surface area contributed by atoms with Crippen LogP contribution in [0.1, 0.15) is 24.3 Å². The van der Waals surface area contributed by atoms with Gasteiger partial charge in [-0.1, -0.05) is 18.2 Å². The van der Waals surface area contributed by atoms with Crippen LogP contribution >= 0.6 is 11.6 Å². The molecule has 0 saturated heterocycles. The molecule has 1 aromatic carbocycles. The van der Waals surface area contributed by atoms with Crippen LogP contribution < -0.4 is 20.3 Å². The normalized spacial score (nSPS) is 12.1. The van der Waals surface area contributed by atoms with E-state index in [0.29, 0.717) is 34.2 Å². The first kappa shape index (κ1) is 20.0. The number of benzene rings is 1. The molecule has 148 valence electrons. The molecule has 6 nitrogen and oxygen atoms in total. The molecule has 1 N–H and O–H groups in total. The number of allylic oxidation sites excluding steroid dienone is 1. The van der Waals surface area contributed by atoms with Crippen molar-refractivity contribution in [1.82, 2.24) is 9.88 Å². The minimum absolute atomic E-state index is 0.0352. The average Bonchev–Trinajstić information content (AvgIpc) is 3.22. The molecule has 0 fully saturated rings. The highest BCUT2D eigenvalue weighted by atomic mass is 35.5. The number of nitrogens with one attached hydrogen (secondary N) is 1. The Morgan fingerprint density at radius 2 is 2.00 bits per heavy atom. The van der Waals surface area contributed by atoms with Crippen molar-refractivity contribution in [2.24, 2.45) is 0 Å². The maximum absolute atomic E-state index is 13.1. The van der Waals surface area contributed by atoms with Gasteiger partial charge in [-0.25, -0.2) is 0 Å². The van der Waals surface area contributed by atoms with Crippen molar-refractivity contribution in [2.75, 3.05) is 14.2 Å². The van der Waals surface area contributed by atoms with E-state index in [9.17, 15) is 4.79 Å². The van der Waals surface area contributed by atoms with Crippen molar-refractivity contribution in [3.05, 3.63) is 69.9 Å². The van der Waals surface area contributed by atoms with E-state index in [1.165, 1.54) is 0 Å². The third-order valence-corrected chi connectivity index (χ3v) is 4.69. The third-order valence-electron chi connectivity index (χ3n) is 4.57. The zero-order valence-electron chi connectivity index (χ0n) is 16.1. The summed E-state index contributed by atoms with van der Waals surface area (Å²) in [4.78, 5) is 13.1. The number of ether oxygens (including phenoxy) is 2. The number of aromatic nitrogens is 1. The molecule has 3 rings (SSSR count). The van der Waals surface area contributed by atoms with Crippen molar-refractivity contribution in [3.8, 4) is 11.5 Å². The molecule has 3 aromatic rings. The second-order valence-electron chi connectivity index (χ2n) is 6.46. The molecule has 7 heteroatoms. The second-order valence-corrected chi connectivity index (χ2v) is 7.00. The van der Waals surface area contributed by atoms with E-state index in [2.05, 4.69) is 11.9 Å². The molecule has 1 atom stereocenters. The number of hydrogen-bond acceptors (Lipinski definition) is 5. The van der Waals surface area contributed by atoms with E-state index in [-0.39, 0.29) is 18.1 Å². The zero-order valence-corrected chi connectivity index (χ0v) is 16.9. The number of rotatable bonds is 8. The van der Waals surface area contributed by atoms with E-state index < -0.39 is 0 Å². The van der Waals surface area contributed by atoms with Gasteiger partial charge < -0.3 is 23.8 Å². The summed E-state index contributed by atoms with van der Waals surface area (Å²) in [5.41, 5.74) is 1.17. The third kappa shape index (κ3) is 4.08. The van der Waals surface area contributed by atoms with Gasteiger partial charge in [0, 0.05) is 28.6 Å². The van der Waals surface area contributed by atoms with Gasteiger partial charge in [0.15, 0.2) is 11.5 Å². The van der Waals surface area contributed by atoms with Crippen LogP contribution in [0.2, 0.25) is 0 Å². The lowest BCUT2D eigenvalue weighted by atomic mass is 10.1. The highest BCUT2D eigenvalue weighted by Gasteiger charge is 2.15. The SMILES string of the molecule is C=C(Cl)Cn1c(=O)c(CN[C@@H](C)c2ccco2)cc2cc(OC)c(OC)cc21. The number of halogens is 1. The van der Waals surface area contributed by atoms with Crippen molar-refractivity contribution in [2.45, 2.75) is 26.1 Å². The van der Waals surface area contributed by atoms with Gasteiger partial charge in [0.1, 0.15) is 5.76 Å². The highest BCUT2D eigenvalue weighted by molar-refractivity contribution is 6.29. The van der Waals surface area contributed by atoms with Gasteiger partial charge in [-0.05, 0) is 31.2 Å². The van der Waals surface area contributed by atoms with Crippen molar-refractivity contribution < 1.29 is 13.9 Å². The number of fused-ring (bicyclic) bond motifs is 1. The second kappa shape index (κ2) is 8.54. The fourth-order valence-electron chi connectivity index (χ4n) is 3.12. The fraction of sp³-hybridized carbons (Fsp3) is 0.286. The molecule has 28 heavy (non-hydrogen) atoms. The summed E-state index contributed by atoms with van der Waals surface area (Å²) >= 11 is 6.03. The summed E-state index contributed by atoms with van der Waals surface area (Å²) in [6.45, 7) is 6.29. The summed E-state index contributed by atoms with van der Waals surface area (Å²) in [6.07, 6.45) is 1.63. The van der Waals surface area contributed by atoms with Crippen LogP contribution in [0.5, 0.6) is 11.5 Å². The van der Waals surface area contributed by atoms with E-state index >= 15 is 0 Å². The molecule has 0 aliphatic rings. The molecule has 0 aliphatic heterocycles. The summed E-state index contributed by atoms with van der Waals surface area (Å²) in [7, 11) is 3.13. The Labute approximate surface area is 168 Å². The molecule has 0 unspecified atom stereocenters. The summed E-state index contributed by atoms with van der Waals surface area (Å²) < 4.78 is 17.8. The Hall–Kier alpha value is -2.70. The van der Waals surface area contributed by atoms with Crippen LogP contribution in [0.4, 0.5) is 0 Å². The quantitative estimate of drug-likeness (QED) is 0.611. The molecule has 0 radical (unpaired) electrons. The molecule has 2 aromatic heterocycles. The van der Waals surface area contributed by atoms with E-state index in [1.807, 2.05) is 31.2 Å². The molecular weight excluding hydrogens is 380 g/mol. The molecule has 0 spiro atoms. The summed E-state index contributed by atoms with van der Waals surface area (Å²) in [6, 6.07) is 9.17.